The van der Waals surface area contributed by atoms with E-state index in [1.807, 2.05) is 13.8 Å². The molecule has 2 N–H and O–H groups in total. The minimum atomic E-state index is -0.450. The summed E-state index contributed by atoms with van der Waals surface area (Å²) in [6.07, 6.45) is 0.205. The van der Waals surface area contributed by atoms with E-state index in [1.54, 1.807) is 0 Å². The molecule has 1 aromatic rings. The Kier molecular flexibility index (Phi) is 6.75. The van der Waals surface area contributed by atoms with Crippen LogP contribution in [-0.4, -0.2) is 29.9 Å². The van der Waals surface area contributed by atoms with Crippen molar-refractivity contribution in [3.05, 3.63) is 28.0 Å². The van der Waals surface area contributed by atoms with E-state index < -0.39 is 5.91 Å². The Hall–Kier alpha value is -1.33. The molecule has 1 aromatic heterocycles. The van der Waals surface area contributed by atoms with Gasteiger partial charge in [-0.2, -0.15) is 0 Å². The van der Waals surface area contributed by atoms with Gasteiger partial charge in [-0.15, -0.1) is 0 Å². The summed E-state index contributed by atoms with van der Waals surface area (Å²) in [4.78, 5) is 27.1. The molecule has 7 heteroatoms. The van der Waals surface area contributed by atoms with Crippen molar-refractivity contribution in [2.24, 2.45) is 5.92 Å². The number of hydrogen-bond acceptors (Lipinski definition) is 3. The van der Waals surface area contributed by atoms with E-state index in [0.29, 0.717) is 12.5 Å². The van der Waals surface area contributed by atoms with Gasteiger partial charge in [0.15, 0.2) is 0 Å². The van der Waals surface area contributed by atoms with Crippen molar-refractivity contribution in [2.75, 3.05) is 13.1 Å². The summed E-state index contributed by atoms with van der Waals surface area (Å²) < 4.78 is 0. The molecule has 0 aliphatic carbocycles. The molecule has 20 heavy (non-hydrogen) atoms. The molecule has 0 saturated heterocycles. The fourth-order valence-corrected chi connectivity index (χ4v) is 1.70. The van der Waals surface area contributed by atoms with Crippen LogP contribution in [0.3, 0.4) is 0 Å². The summed E-state index contributed by atoms with van der Waals surface area (Å²) in [6.45, 7) is 4.85. The van der Waals surface area contributed by atoms with Gasteiger partial charge in [0.25, 0.3) is 5.91 Å². The Bertz CT molecular complexity index is 493. The van der Waals surface area contributed by atoms with Crippen LogP contribution in [-0.2, 0) is 4.79 Å². The van der Waals surface area contributed by atoms with Crippen LogP contribution in [0.25, 0.3) is 0 Å². The van der Waals surface area contributed by atoms with Crippen molar-refractivity contribution in [3.8, 4) is 0 Å². The summed E-state index contributed by atoms with van der Waals surface area (Å²) in [7, 11) is 0. The van der Waals surface area contributed by atoms with Crippen LogP contribution >= 0.6 is 23.2 Å². The van der Waals surface area contributed by atoms with E-state index in [-0.39, 0.29) is 34.7 Å². The Labute approximate surface area is 128 Å². The number of aromatic nitrogens is 1. The summed E-state index contributed by atoms with van der Waals surface area (Å²) in [5, 5.41) is 5.75. The maximum absolute atomic E-state index is 11.8. The Morgan fingerprint density at radius 2 is 1.95 bits per heavy atom. The normalized spacial score (nSPS) is 10.4. The quantitative estimate of drug-likeness (QED) is 0.791. The monoisotopic (exact) mass is 317 g/mol. The van der Waals surface area contributed by atoms with Crippen LogP contribution in [0.1, 0.15) is 30.8 Å². The zero-order chi connectivity index (χ0) is 15.1. The standard InChI is InChI=1S/C13H17Cl2N3O2/c1-8(2)7-17-11(19)5-6-16-13(20)12-9(14)3-4-10(15)18-12/h3-4,8H,5-7H2,1-2H3,(H,16,20)(H,17,19). The highest BCUT2D eigenvalue weighted by Crippen LogP contribution is 2.16. The third-order valence-corrected chi connectivity index (χ3v) is 2.89. The molecule has 0 radical (unpaired) electrons. The van der Waals surface area contributed by atoms with Crippen LogP contribution in [0.15, 0.2) is 12.1 Å². The number of rotatable bonds is 6. The van der Waals surface area contributed by atoms with E-state index in [9.17, 15) is 9.59 Å². The molecule has 1 heterocycles. The van der Waals surface area contributed by atoms with Gasteiger partial charge in [-0.1, -0.05) is 37.0 Å². The number of hydrogen-bond donors (Lipinski definition) is 2. The highest BCUT2D eigenvalue weighted by Gasteiger charge is 2.13. The minimum absolute atomic E-state index is 0.0572. The fourth-order valence-electron chi connectivity index (χ4n) is 1.36. The molecule has 0 unspecified atom stereocenters. The maximum Gasteiger partial charge on any atom is 0.271 e. The van der Waals surface area contributed by atoms with Crippen molar-refractivity contribution in [1.82, 2.24) is 15.6 Å². The van der Waals surface area contributed by atoms with Crippen molar-refractivity contribution in [2.45, 2.75) is 20.3 Å². The van der Waals surface area contributed by atoms with Gasteiger partial charge in [-0.05, 0) is 18.1 Å². The SMILES string of the molecule is CC(C)CNC(=O)CCNC(=O)c1nc(Cl)ccc1Cl. The largest absolute Gasteiger partial charge is 0.356 e. The van der Waals surface area contributed by atoms with Gasteiger partial charge in [-0.3, -0.25) is 9.59 Å². The average molecular weight is 318 g/mol. The zero-order valence-electron chi connectivity index (χ0n) is 11.4. The van der Waals surface area contributed by atoms with Crippen LogP contribution < -0.4 is 10.6 Å². The van der Waals surface area contributed by atoms with E-state index in [2.05, 4.69) is 15.6 Å². The molecule has 2 amide bonds. The number of carbonyl (C=O) groups excluding carboxylic acids is 2. The zero-order valence-corrected chi connectivity index (χ0v) is 12.9. The second-order valence-corrected chi connectivity index (χ2v) is 5.46. The fraction of sp³-hybridized carbons (Fsp3) is 0.462. The van der Waals surface area contributed by atoms with Gasteiger partial charge in [0.05, 0.1) is 5.02 Å². The molecular formula is C13H17Cl2N3O2. The van der Waals surface area contributed by atoms with Gasteiger partial charge in [0.2, 0.25) is 5.91 Å². The predicted molar refractivity (Wildman–Crippen MR) is 79.1 cm³/mol. The lowest BCUT2D eigenvalue weighted by atomic mass is 10.2. The van der Waals surface area contributed by atoms with Crippen molar-refractivity contribution in [1.29, 1.82) is 0 Å². The maximum atomic E-state index is 11.8. The molecule has 5 nitrogen and oxygen atoms in total. The first-order valence-corrected chi connectivity index (χ1v) is 7.02. The average Bonchev–Trinajstić information content (AvgIpc) is 2.39. The number of nitrogens with zero attached hydrogens (tertiary/aromatic N) is 1. The summed E-state index contributed by atoms with van der Waals surface area (Å²) in [6, 6.07) is 3.00. The highest BCUT2D eigenvalue weighted by molar-refractivity contribution is 6.34. The highest BCUT2D eigenvalue weighted by atomic mass is 35.5. The Balaban J connectivity index is 2.40. The van der Waals surface area contributed by atoms with Gasteiger partial charge in [-0.25, -0.2) is 4.98 Å². The van der Waals surface area contributed by atoms with E-state index in [1.165, 1.54) is 12.1 Å². The third-order valence-electron chi connectivity index (χ3n) is 2.37. The number of carbonyl (C=O) groups is 2. The van der Waals surface area contributed by atoms with E-state index >= 15 is 0 Å². The van der Waals surface area contributed by atoms with E-state index in [4.69, 9.17) is 23.2 Å². The molecule has 0 aliphatic rings. The molecule has 0 atom stereocenters. The number of pyridine rings is 1. The molecule has 0 fully saturated rings. The lowest BCUT2D eigenvalue weighted by Gasteiger charge is -2.08. The first-order valence-electron chi connectivity index (χ1n) is 6.27. The molecule has 0 aliphatic heterocycles. The van der Waals surface area contributed by atoms with Gasteiger partial charge >= 0.3 is 0 Å². The molecule has 0 saturated carbocycles. The number of halogens is 2. The number of nitrogens with one attached hydrogen (secondary N) is 2. The predicted octanol–water partition coefficient (Wildman–Crippen LogP) is 2.28. The lowest BCUT2D eigenvalue weighted by molar-refractivity contribution is -0.121. The lowest BCUT2D eigenvalue weighted by Crippen LogP contribution is -2.32. The molecule has 110 valence electrons. The van der Waals surface area contributed by atoms with Crippen LogP contribution in [0.2, 0.25) is 10.2 Å². The molecular weight excluding hydrogens is 301 g/mol. The molecule has 1 rings (SSSR count). The first kappa shape index (κ1) is 16.7. The van der Waals surface area contributed by atoms with E-state index in [0.717, 1.165) is 0 Å². The summed E-state index contributed by atoms with van der Waals surface area (Å²) in [5.41, 5.74) is 0.0572. The molecule has 0 bridgehead atoms. The van der Waals surface area contributed by atoms with Crippen LogP contribution in [0.4, 0.5) is 0 Å². The van der Waals surface area contributed by atoms with Crippen molar-refractivity contribution < 1.29 is 9.59 Å². The number of amides is 2. The minimum Gasteiger partial charge on any atom is -0.356 e. The van der Waals surface area contributed by atoms with Crippen LogP contribution in [0.5, 0.6) is 0 Å². The summed E-state index contributed by atoms with van der Waals surface area (Å²) >= 11 is 11.6. The van der Waals surface area contributed by atoms with Crippen molar-refractivity contribution >= 4 is 35.0 Å². The molecule has 0 spiro atoms. The summed E-state index contributed by atoms with van der Waals surface area (Å²) in [5.74, 6) is -0.165. The second kappa shape index (κ2) is 8.07. The molecule has 0 aromatic carbocycles. The Morgan fingerprint density at radius 3 is 2.60 bits per heavy atom. The van der Waals surface area contributed by atoms with Gasteiger partial charge < -0.3 is 10.6 Å². The second-order valence-electron chi connectivity index (χ2n) is 4.67. The third kappa shape index (κ3) is 5.75. The van der Waals surface area contributed by atoms with Gasteiger partial charge in [0.1, 0.15) is 10.8 Å². The first-order chi connectivity index (χ1) is 9.40. The van der Waals surface area contributed by atoms with Gasteiger partial charge in [0, 0.05) is 19.5 Å². The van der Waals surface area contributed by atoms with Crippen LogP contribution in [0, 0.1) is 5.92 Å². The topological polar surface area (TPSA) is 71.1 Å². The Morgan fingerprint density at radius 1 is 1.25 bits per heavy atom. The smallest absolute Gasteiger partial charge is 0.271 e. The van der Waals surface area contributed by atoms with Crippen molar-refractivity contribution in [3.63, 3.8) is 0 Å².